The number of esters is 2. The molecule has 0 aromatic heterocycles. The van der Waals surface area contributed by atoms with Crippen LogP contribution in [0.15, 0.2) is 48.5 Å². The van der Waals surface area contributed by atoms with Crippen molar-refractivity contribution in [1.29, 1.82) is 0 Å². The summed E-state index contributed by atoms with van der Waals surface area (Å²) >= 11 is 0. The van der Waals surface area contributed by atoms with Gasteiger partial charge in [0.25, 0.3) is 0 Å². The minimum Gasteiger partial charge on any atom is -0.488 e. The number of methoxy groups -OCH3 is 2. The van der Waals surface area contributed by atoms with Crippen LogP contribution in [0.25, 0.3) is 21.5 Å². The van der Waals surface area contributed by atoms with E-state index in [1.54, 1.807) is 14.2 Å². The van der Waals surface area contributed by atoms with Gasteiger partial charge in [0.05, 0.1) is 13.2 Å². The third-order valence-electron chi connectivity index (χ3n) is 6.93. The molecule has 3 aromatic carbocycles. The van der Waals surface area contributed by atoms with Crippen molar-refractivity contribution in [2.24, 2.45) is 0 Å². The van der Waals surface area contributed by atoms with Crippen molar-refractivity contribution in [2.45, 2.75) is 77.4 Å². The van der Waals surface area contributed by atoms with Gasteiger partial charge in [0.1, 0.15) is 24.7 Å². The number of ether oxygens (including phenoxy) is 6. The Hall–Kier alpha value is -3.36. The standard InChI is InChI=1S/C34H46O8/c1-5-7-9-19-31(35)41-25(21-37-3)23-39-33-27-15-11-13-17-29(27)34(30-18-14-12-16-28(30)33)40-24-26(22-38-4)42-32(36)20-10-8-6-2/h11-18,25-26H,5-10,19-24H2,1-4H3. The number of rotatable bonds is 20. The van der Waals surface area contributed by atoms with E-state index >= 15 is 0 Å². The Kier molecular flexibility index (Phi) is 14.4. The van der Waals surface area contributed by atoms with Crippen LogP contribution in [0.2, 0.25) is 0 Å². The summed E-state index contributed by atoms with van der Waals surface area (Å²) < 4.78 is 34.8. The summed E-state index contributed by atoms with van der Waals surface area (Å²) in [7, 11) is 3.16. The first-order valence-corrected chi connectivity index (χ1v) is 15.1. The van der Waals surface area contributed by atoms with Crippen LogP contribution in [0.1, 0.15) is 65.2 Å². The lowest BCUT2D eigenvalue weighted by molar-refractivity contribution is -0.154. The number of unbranched alkanes of at least 4 members (excludes halogenated alkanes) is 4. The first kappa shape index (κ1) is 33.1. The Balaban J connectivity index is 1.84. The summed E-state index contributed by atoms with van der Waals surface area (Å²) in [6.45, 7) is 4.94. The highest BCUT2D eigenvalue weighted by atomic mass is 16.6. The molecule has 42 heavy (non-hydrogen) atoms. The number of benzene rings is 3. The number of carbonyl (C=O) groups excluding carboxylic acids is 2. The van der Waals surface area contributed by atoms with Gasteiger partial charge >= 0.3 is 11.9 Å². The SMILES string of the molecule is CCCCCC(=O)OC(COC)COc1c2ccccc2c(OCC(COC)OC(=O)CCCCC)c2ccccc12. The van der Waals surface area contributed by atoms with E-state index in [-0.39, 0.29) is 38.4 Å². The van der Waals surface area contributed by atoms with E-state index < -0.39 is 12.2 Å². The molecule has 2 atom stereocenters. The summed E-state index contributed by atoms with van der Waals surface area (Å²) in [5.74, 6) is 0.855. The molecule has 0 heterocycles. The third kappa shape index (κ3) is 9.88. The Morgan fingerprint density at radius 3 is 1.24 bits per heavy atom. The van der Waals surface area contributed by atoms with Crippen LogP contribution in [0, 0.1) is 0 Å². The molecular formula is C34H46O8. The van der Waals surface area contributed by atoms with Gasteiger partial charge in [-0.25, -0.2) is 0 Å². The van der Waals surface area contributed by atoms with Gasteiger partial charge in [-0.3, -0.25) is 9.59 Å². The predicted molar refractivity (Wildman–Crippen MR) is 164 cm³/mol. The maximum Gasteiger partial charge on any atom is 0.306 e. The largest absolute Gasteiger partial charge is 0.488 e. The highest BCUT2D eigenvalue weighted by Gasteiger charge is 2.21. The summed E-state index contributed by atoms with van der Waals surface area (Å²) in [6, 6.07) is 15.7. The fourth-order valence-electron chi connectivity index (χ4n) is 4.84. The highest BCUT2D eigenvalue weighted by molar-refractivity contribution is 6.11. The molecular weight excluding hydrogens is 536 g/mol. The highest BCUT2D eigenvalue weighted by Crippen LogP contribution is 2.42. The number of hydrogen-bond acceptors (Lipinski definition) is 8. The fourth-order valence-corrected chi connectivity index (χ4v) is 4.84. The quantitative estimate of drug-likeness (QED) is 0.0797. The van der Waals surface area contributed by atoms with Crippen molar-refractivity contribution < 1.29 is 38.0 Å². The lowest BCUT2D eigenvalue weighted by atomic mass is 10.0. The molecule has 0 fully saturated rings. The normalized spacial score (nSPS) is 12.7. The third-order valence-corrected chi connectivity index (χ3v) is 6.93. The molecule has 3 rings (SSSR count). The van der Waals surface area contributed by atoms with E-state index in [4.69, 9.17) is 28.4 Å². The van der Waals surface area contributed by atoms with Gasteiger partial charge in [-0.15, -0.1) is 0 Å². The first-order valence-electron chi connectivity index (χ1n) is 15.1. The fraction of sp³-hybridized carbons (Fsp3) is 0.529. The van der Waals surface area contributed by atoms with Crippen molar-refractivity contribution in [2.75, 3.05) is 40.6 Å². The molecule has 0 aliphatic rings. The van der Waals surface area contributed by atoms with Crippen LogP contribution in [-0.2, 0) is 28.5 Å². The zero-order valence-electron chi connectivity index (χ0n) is 25.5. The number of fused-ring (bicyclic) bond motifs is 2. The van der Waals surface area contributed by atoms with Gasteiger partial charge in [0, 0.05) is 48.6 Å². The molecule has 0 saturated heterocycles. The molecule has 0 amide bonds. The van der Waals surface area contributed by atoms with Crippen LogP contribution in [0.5, 0.6) is 11.5 Å². The molecule has 3 aromatic rings. The second kappa shape index (κ2) is 18.2. The van der Waals surface area contributed by atoms with E-state index in [1.807, 2.05) is 48.5 Å². The predicted octanol–water partition coefficient (Wildman–Crippen LogP) is 7.03. The topological polar surface area (TPSA) is 89.5 Å². The van der Waals surface area contributed by atoms with Crippen molar-refractivity contribution in [3.8, 4) is 11.5 Å². The van der Waals surface area contributed by atoms with Crippen LogP contribution >= 0.6 is 0 Å². The first-order chi connectivity index (χ1) is 20.5. The summed E-state index contributed by atoms with van der Waals surface area (Å²) in [5, 5.41) is 3.43. The summed E-state index contributed by atoms with van der Waals surface area (Å²) in [5.41, 5.74) is 0. The lowest BCUT2D eigenvalue weighted by Gasteiger charge is -2.22. The Labute approximate surface area is 249 Å². The zero-order chi connectivity index (χ0) is 30.2. The summed E-state index contributed by atoms with van der Waals surface area (Å²) in [6.07, 6.45) is 5.32. The van der Waals surface area contributed by atoms with E-state index in [2.05, 4.69) is 13.8 Å². The molecule has 2 unspecified atom stereocenters. The van der Waals surface area contributed by atoms with Gasteiger partial charge in [-0.2, -0.15) is 0 Å². The molecule has 0 aliphatic carbocycles. The maximum atomic E-state index is 12.4. The second-order valence-corrected chi connectivity index (χ2v) is 10.4. The molecule has 0 saturated carbocycles. The van der Waals surface area contributed by atoms with Gasteiger partial charge in [0.15, 0.2) is 12.2 Å². The Morgan fingerprint density at radius 2 is 0.929 bits per heavy atom. The van der Waals surface area contributed by atoms with Gasteiger partial charge < -0.3 is 28.4 Å². The van der Waals surface area contributed by atoms with Crippen LogP contribution < -0.4 is 9.47 Å². The monoisotopic (exact) mass is 582 g/mol. The number of hydrogen-bond donors (Lipinski definition) is 0. The Bertz CT molecular complexity index is 1100. The summed E-state index contributed by atoms with van der Waals surface area (Å²) in [4.78, 5) is 24.8. The van der Waals surface area contributed by atoms with E-state index in [1.165, 1.54) is 0 Å². The van der Waals surface area contributed by atoms with E-state index in [0.717, 1.165) is 60.1 Å². The van der Waals surface area contributed by atoms with Crippen LogP contribution in [0.4, 0.5) is 0 Å². The molecule has 0 radical (unpaired) electrons. The van der Waals surface area contributed by atoms with Gasteiger partial charge in [-0.1, -0.05) is 88.1 Å². The molecule has 0 aliphatic heterocycles. The van der Waals surface area contributed by atoms with E-state index in [9.17, 15) is 9.59 Å². The van der Waals surface area contributed by atoms with Crippen molar-refractivity contribution in [3.63, 3.8) is 0 Å². The maximum absolute atomic E-state index is 12.4. The average molecular weight is 583 g/mol. The lowest BCUT2D eigenvalue weighted by Crippen LogP contribution is -2.30. The minimum absolute atomic E-state index is 0.144. The number of carbonyl (C=O) groups is 2. The zero-order valence-corrected chi connectivity index (χ0v) is 25.5. The van der Waals surface area contributed by atoms with Gasteiger partial charge in [-0.05, 0) is 12.8 Å². The smallest absolute Gasteiger partial charge is 0.306 e. The Morgan fingerprint density at radius 1 is 0.571 bits per heavy atom. The minimum atomic E-state index is -0.542. The molecule has 0 spiro atoms. The van der Waals surface area contributed by atoms with Crippen molar-refractivity contribution in [3.05, 3.63) is 48.5 Å². The molecule has 230 valence electrons. The van der Waals surface area contributed by atoms with Crippen molar-refractivity contribution >= 4 is 33.5 Å². The molecule has 0 bridgehead atoms. The van der Waals surface area contributed by atoms with Gasteiger partial charge in [0.2, 0.25) is 0 Å². The average Bonchev–Trinajstić information content (AvgIpc) is 2.99. The van der Waals surface area contributed by atoms with E-state index in [0.29, 0.717) is 24.3 Å². The van der Waals surface area contributed by atoms with Crippen LogP contribution in [-0.4, -0.2) is 64.8 Å². The molecule has 0 N–H and O–H groups in total. The van der Waals surface area contributed by atoms with Crippen LogP contribution in [0.3, 0.4) is 0 Å². The second-order valence-electron chi connectivity index (χ2n) is 10.4. The molecule has 8 nitrogen and oxygen atoms in total. The van der Waals surface area contributed by atoms with Crippen molar-refractivity contribution in [1.82, 2.24) is 0 Å². The molecule has 8 heteroatoms.